The number of likely N-dealkylation sites (N-methyl/N-ethyl adjacent to an activating group) is 1. The first kappa shape index (κ1) is 23.5. The van der Waals surface area contributed by atoms with Crippen LogP contribution < -0.4 is 20.7 Å². The van der Waals surface area contributed by atoms with E-state index in [1.165, 1.54) is 4.90 Å². The molecule has 186 valence electrons. The highest BCUT2D eigenvalue weighted by molar-refractivity contribution is 7.12. The van der Waals surface area contributed by atoms with E-state index in [0.29, 0.717) is 19.1 Å². The van der Waals surface area contributed by atoms with Crippen LogP contribution in [-0.2, 0) is 17.8 Å². The van der Waals surface area contributed by atoms with Gasteiger partial charge in [-0.05, 0) is 66.3 Å². The normalized spacial score (nSPS) is 20.7. The van der Waals surface area contributed by atoms with Crippen LogP contribution in [0.5, 0.6) is 5.06 Å². The monoisotopic (exact) mass is 497 g/mol. The number of rotatable bonds is 5. The number of hydrogen-bond acceptors (Lipinski definition) is 5. The van der Waals surface area contributed by atoms with Gasteiger partial charge in [0.05, 0.1) is 18.6 Å². The fourth-order valence-corrected chi connectivity index (χ4v) is 5.70. The summed E-state index contributed by atoms with van der Waals surface area (Å²) >= 11 is 1.56. The van der Waals surface area contributed by atoms with Gasteiger partial charge in [-0.3, -0.25) is 4.79 Å². The van der Waals surface area contributed by atoms with Crippen LogP contribution in [0.25, 0.3) is 0 Å². The smallest absolute Gasteiger partial charge is 0.318 e. The van der Waals surface area contributed by atoms with Gasteiger partial charge >= 0.3 is 12.1 Å². The zero-order valence-electron chi connectivity index (χ0n) is 20.0. The van der Waals surface area contributed by atoms with E-state index in [2.05, 4.69) is 16.0 Å². The zero-order chi connectivity index (χ0) is 24.5. The fourth-order valence-electron chi connectivity index (χ4n) is 4.93. The van der Waals surface area contributed by atoms with Crippen molar-refractivity contribution in [1.29, 1.82) is 0 Å². The fraction of sp³-hybridized carbons (Fsp3) is 0.480. The largest absolute Gasteiger partial charge is 0.482 e. The molecule has 0 spiro atoms. The standard InChI is InChI=1S/C25H31N5O4S/c1-26-24(32)27-18-6-7-19-16(11-18)5-8-20(19)28-25(33)29(2)13-22(31)30-12-17-9-10-35-23(17)34-14-21(30)15-3-4-15/h6-7,9-11,15,20-21H,3-5,8,12-14H2,1-2H3,(H,28,33)(H2,26,27,32)/t20-,21-/m0/s1. The molecule has 0 radical (unpaired) electrons. The number of fused-ring (bicyclic) bond motifs is 2. The number of benzene rings is 1. The Hall–Kier alpha value is -3.27. The maximum absolute atomic E-state index is 13.3. The van der Waals surface area contributed by atoms with E-state index < -0.39 is 0 Å². The van der Waals surface area contributed by atoms with Gasteiger partial charge in [0.15, 0.2) is 5.06 Å². The van der Waals surface area contributed by atoms with E-state index >= 15 is 0 Å². The predicted molar refractivity (Wildman–Crippen MR) is 134 cm³/mol. The molecular weight excluding hydrogens is 466 g/mol. The molecule has 3 aliphatic rings. The molecule has 1 aliphatic heterocycles. The highest BCUT2D eigenvalue weighted by Crippen LogP contribution is 2.40. The number of amides is 5. The Kier molecular flexibility index (Phi) is 6.55. The third kappa shape index (κ3) is 5.07. The van der Waals surface area contributed by atoms with Crippen molar-refractivity contribution < 1.29 is 19.1 Å². The summed E-state index contributed by atoms with van der Waals surface area (Å²) in [5, 5.41) is 11.3. The van der Waals surface area contributed by atoms with Gasteiger partial charge in [0.1, 0.15) is 13.2 Å². The van der Waals surface area contributed by atoms with Gasteiger partial charge in [0, 0.05) is 25.3 Å². The first-order chi connectivity index (χ1) is 16.9. The Morgan fingerprint density at radius 2 is 2.00 bits per heavy atom. The van der Waals surface area contributed by atoms with Crippen LogP contribution in [0.2, 0.25) is 0 Å². The van der Waals surface area contributed by atoms with Crippen LogP contribution in [0, 0.1) is 5.92 Å². The Balaban J connectivity index is 1.20. The van der Waals surface area contributed by atoms with Gasteiger partial charge in [-0.2, -0.15) is 0 Å². The molecule has 2 heterocycles. The molecule has 2 atom stereocenters. The van der Waals surface area contributed by atoms with Crippen molar-refractivity contribution in [3.8, 4) is 5.06 Å². The lowest BCUT2D eigenvalue weighted by atomic mass is 10.1. The minimum Gasteiger partial charge on any atom is -0.482 e. The minimum atomic E-state index is -0.269. The van der Waals surface area contributed by atoms with Gasteiger partial charge in [0.2, 0.25) is 5.91 Å². The Bertz CT molecular complexity index is 1130. The van der Waals surface area contributed by atoms with E-state index in [1.54, 1.807) is 25.4 Å². The molecule has 2 aromatic rings. The molecule has 1 fully saturated rings. The second-order valence-electron chi connectivity index (χ2n) is 9.49. The minimum absolute atomic E-state index is 0.0170. The van der Waals surface area contributed by atoms with E-state index in [9.17, 15) is 14.4 Å². The summed E-state index contributed by atoms with van der Waals surface area (Å²) in [5.74, 6) is 0.420. The van der Waals surface area contributed by atoms with Gasteiger partial charge in [0.25, 0.3) is 0 Å². The maximum atomic E-state index is 13.3. The third-order valence-electron chi connectivity index (χ3n) is 7.04. The van der Waals surface area contributed by atoms with Crippen molar-refractivity contribution in [3.05, 3.63) is 46.3 Å². The van der Waals surface area contributed by atoms with E-state index in [4.69, 9.17) is 4.74 Å². The Morgan fingerprint density at radius 3 is 2.77 bits per heavy atom. The van der Waals surface area contributed by atoms with Crippen molar-refractivity contribution in [1.82, 2.24) is 20.4 Å². The van der Waals surface area contributed by atoms with Crippen molar-refractivity contribution in [2.45, 2.75) is 44.3 Å². The Morgan fingerprint density at radius 1 is 1.17 bits per heavy atom. The summed E-state index contributed by atoms with van der Waals surface area (Å²) in [6, 6.07) is 7.13. The zero-order valence-corrected chi connectivity index (χ0v) is 20.8. The second kappa shape index (κ2) is 9.77. The molecule has 0 bridgehead atoms. The molecule has 10 heteroatoms. The quantitative estimate of drug-likeness (QED) is 0.590. The number of aryl methyl sites for hydroxylation is 1. The molecule has 0 unspecified atom stereocenters. The molecular formula is C25H31N5O4S. The van der Waals surface area contributed by atoms with Gasteiger partial charge in [-0.15, -0.1) is 11.3 Å². The molecule has 1 aromatic heterocycles. The number of ether oxygens (including phenoxy) is 1. The molecule has 9 nitrogen and oxygen atoms in total. The van der Waals surface area contributed by atoms with Gasteiger partial charge in [-0.1, -0.05) is 6.07 Å². The predicted octanol–water partition coefficient (Wildman–Crippen LogP) is 3.33. The first-order valence-corrected chi connectivity index (χ1v) is 12.9. The van der Waals surface area contributed by atoms with Crippen molar-refractivity contribution in [3.63, 3.8) is 0 Å². The summed E-state index contributed by atoms with van der Waals surface area (Å²) in [7, 11) is 3.23. The average molecular weight is 498 g/mol. The van der Waals surface area contributed by atoms with Gasteiger partial charge < -0.3 is 30.5 Å². The average Bonchev–Trinajstić information content (AvgIpc) is 3.52. The summed E-state index contributed by atoms with van der Waals surface area (Å²) in [6.45, 7) is 1.05. The lowest BCUT2D eigenvalue weighted by Gasteiger charge is -2.31. The Labute approximate surface area is 208 Å². The number of carbonyl (C=O) groups is 3. The summed E-state index contributed by atoms with van der Waals surface area (Å²) in [5.41, 5.74) is 3.90. The second-order valence-corrected chi connectivity index (χ2v) is 10.4. The number of thiophene rings is 1. The molecule has 5 amide bonds. The maximum Gasteiger partial charge on any atom is 0.318 e. The van der Waals surface area contributed by atoms with E-state index in [-0.39, 0.29) is 36.6 Å². The van der Waals surface area contributed by atoms with E-state index in [1.807, 2.05) is 34.5 Å². The number of nitrogens with one attached hydrogen (secondary N) is 3. The number of hydrogen-bond donors (Lipinski definition) is 3. The number of carbonyl (C=O) groups excluding carboxylic acids is 3. The topological polar surface area (TPSA) is 103 Å². The van der Waals surface area contributed by atoms with Gasteiger partial charge in [-0.25, -0.2) is 9.59 Å². The van der Waals surface area contributed by atoms with Crippen LogP contribution in [0.1, 0.15) is 42.0 Å². The lowest BCUT2D eigenvalue weighted by Crippen LogP contribution is -2.49. The SMILES string of the molecule is CNC(=O)Nc1ccc2c(c1)CC[C@@H]2NC(=O)N(C)CC(=O)N1Cc2ccsc2OC[C@H]1C1CC1. The highest BCUT2D eigenvalue weighted by Gasteiger charge is 2.40. The van der Waals surface area contributed by atoms with Crippen molar-refractivity contribution >= 4 is 35.0 Å². The molecule has 0 saturated heterocycles. The summed E-state index contributed by atoms with van der Waals surface area (Å²) in [6.07, 6.45) is 3.82. The molecule has 1 saturated carbocycles. The molecule has 35 heavy (non-hydrogen) atoms. The molecule has 1 aromatic carbocycles. The number of urea groups is 2. The summed E-state index contributed by atoms with van der Waals surface area (Å²) < 4.78 is 6.00. The highest BCUT2D eigenvalue weighted by atomic mass is 32.1. The third-order valence-corrected chi connectivity index (χ3v) is 7.91. The van der Waals surface area contributed by atoms with Crippen LogP contribution in [-0.4, -0.2) is 61.1 Å². The molecule has 5 rings (SSSR count). The molecule has 2 aliphatic carbocycles. The molecule has 3 N–H and O–H groups in total. The first-order valence-electron chi connectivity index (χ1n) is 12.0. The van der Waals surface area contributed by atoms with Crippen LogP contribution in [0.4, 0.5) is 15.3 Å². The van der Waals surface area contributed by atoms with Crippen LogP contribution in [0.15, 0.2) is 29.6 Å². The number of anilines is 1. The summed E-state index contributed by atoms with van der Waals surface area (Å²) in [4.78, 5) is 41.3. The number of nitrogens with zero attached hydrogens (tertiary/aromatic N) is 2. The lowest BCUT2D eigenvalue weighted by molar-refractivity contribution is -0.135. The van der Waals surface area contributed by atoms with E-state index in [0.717, 1.165) is 53.1 Å². The van der Waals surface area contributed by atoms with Crippen molar-refractivity contribution in [2.24, 2.45) is 5.92 Å². The van der Waals surface area contributed by atoms with Crippen LogP contribution >= 0.6 is 11.3 Å². The van der Waals surface area contributed by atoms with Crippen molar-refractivity contribution in [2.75, 3.05) is 32.6 Å². The van der Waals surface area contributed by atoms with Crippen LogP contribution in [0.3, 0.4) is 0 Å².